The molecule has 0 unspecified atom stereocenters. The van der Waals surface area contributed by atoms with Crippen LogP contribution in [0.5, 0.6) is 5.75 Å². The van der Waals surface area contributed by atoms with Gasteiger partial charge in [-0.25, -0.2) is 4.98 Å². The molecule has 2 aromatic rings. The van der Waals surface area contributed by atoms with Gasteiger partial charge in [-0.1, -0.05) is 12.1 Å². The molecule has 4 heteroatoms. The fourth-order valence-electron chi connectivity index (χ4n) is 1.92. The van der Waals surface area contributed by atoms with Crippen LogP contribution in [0.25, 0.3) is 11.3 Å². The first kappa shape index (κ1) is 12.2. The van der Waals surface area contributed by atoms with Crippen LogP contribution in [0.4, 0.5) is 0 Å². The predicted octanol–water partition coefficient (Wildman–Crippen LogP) is 2.85. The van der Waals surface area contributed by atoms with E-state index >= 15 is 0 Å². The van der Waals surface area contributed by atoms with Gasteiger partial charge in [-0.2, -0.15) is 5.26 Å². The third-order valence-corrected chi connectivity index (χ3v) is 2.77. The molecule has 0 aliphatic carbocycles. The van der Waals surface area contributed by atoms with E-state index in [1.165, 1.54) is 0 Å². The zero-order chi connectivity index (χ0) is 13.0. The second-order valence-corrected chi connectivity index (χ2v) is 4.02. The molecule has 1 N–H and O–H groups in total. The number of hydrogen-bond donors (Lipinski definition) is 1. The zero-order valence-electron chi connectivity index (χ0n) is 10.5. The smallest absolute Gasteiger partial charge is 0.128 e. The first-order valence-electron chi connectivity index (χ1n) is 5.82. The van der Waals surface area contributed by atoms with Crippen molar-refractivity contribution in [2.75, 3.05) is 7.11 Å². The normalized spacial score (nSPS) is 10.1. The Morgan fingerprint density at radius 1 is 1.39 bits per heavy atom. The number of hydrogen-bond acceptors (Lipinski definition) is 3. The van der Waals surface area contributed by atoms with E-state index in [1.807, 2.05) is 31.2 Å². The van der Waals surface area contributed by atoms with Crippen LogP contribution < -0.4 is 4.74 Å². The minimum absolute atomic E-state index is 0.471. The second-order valence-electron chi connectivity index (χ2n) is 4.02. The van der Waals surface area contributed by atoms with Crippen molar-refractivity contribution >= 4 is 0 Å². The Morgan fingerprint density at radius 3 is 2.89 bits per heavy atom. The Balaban J connectivity index is 2.38. The van der Waals surface area contributed by atoms with E-state index in [-0.39, 0.29) is 0 Å². The van der Waals surface area contributed by atoms with Crippen LogP contribution in [0.1, 0.15) is 17.9 Å². The van der Waals surface area contributed by atoms with E-state index in [1.54, 1.807) is 7.11 Å². The molecule has 0 atom stereocenters. The highest BCUT2D eigenvalue weighted by Crippen LogP contribution is 2.30. The minimum atomic E-state index is 0.471. The third kappa shape index (κ3) is 2.35. The Hall–Kier alpha value is -2.28. The molecule has 18 heavy (non-hydrogen) atoms. The minimum Gasteiger partial charge on any atom is -0.496 e. The van der Waals surface area contributed by atoms with E-state index in [4.69, 9.17) is 10.00 Å². The SMILES string of the molecule is COc1ccccc1-c1nc(CCC#N)[nH]c1C. The Labute approximate surface area is 106 Å². The van der Waals surface area contributed by atoms with Crippen LogP contribution in [0.15, 0.2) is 24.3 Å². The summed E-state index contributed by atoms with van der Waals surface area (Å²) in [4.78, 5) is 7.75. The van der Waals surface area contributed by atoms with Gasteiger partial charge in [0.1, 0.15) is 11.6 Å². The van der Waals surface area contributed by atoms with E-state index in [9.17, 15) is 0 Å². The molecular formula is C14H15N3O. The first-order chi connectivity index (χ1) is 8.76. The molecule has 1 heterocycles. The van der Waals surface area contributed by atoms with Crippen LogP contribution in [0.2, 0.25) is 0 Å². The lowest BCUT2D eigenvalue weighted by atomic mass is 10.1. The molecule has 92 valence electrons. The van der Waals surface area contributed by atoms with Gasteiger partial charge in [0.05, 0.1) is 18.9 Å². The van der Waals surface area contributed by atoms with Crippen molar-refractivity contribution in [3.63, 3.8) is 0 Å². The molecule has 0 aliphatic heterocycles. The van der Waals surface area contributed by atoms with Gasteiger partial charge in [0.2, 0.25) is 0 Å². The molecule has 1 aromatic heterocycles. The van der Waals surface area contributed by atoms with Crippen molar-refractivity contribution in [3.05, 3.63) is 35.8 Å². The van der Waals surface area contributed by atoms with Crippen molar-refractivity contribution in [3.8, 4) is 23.1 Å². The van der Waals surface area contributed by atoms with Gasteiger partial charge in [0.25, 0.3) is 0 Å². The number of aromatic amines is 1. The molecule has 0 aliphatic rings. The summed E-state index contributed by atoms with van der Waals surface area (Å²) in [6.07, 6.45) is 1.12. The Morgan fingerprint density at radius 2 is 2.17 bits per heavy atom. The van der Waals surface area contributed by atoms with Crippen molar-refractivity contribution in [2.24, 2.45) is 0 Å². The summed E-state index contributed by atoms with van der Waals surface area (Å²) in [5.41, 5.74) is 2.85. The van der Waals surface area contributed by atoms with Gasteiger partial charge >= 0.3 is 0 Å². The number of rotatable bonds is 4. The number of methoxy groups -OCH3 is 1. The third-order valence-electron chi connectivity index (χ3n) is 2.77. The summed E-state index contributed by atoms with van der Waals surface area (Å²) in [6.45, 7) is 1.98. The maximum Gasteiger partial charge on any atom is 0.128 e. The summed E-state index contributed by atoms with van der Waals surface area (Å²) in [7, 11) is 1.65. The van der Waals surface area contributed by atoms with Gasteiger partial charge in [-0.3, -0.25) is 0 Å². The van der Waals surface area contributed by atoms with Gasteiger partial charge in [-0.15, -0.1) is 0 Å². The number of nitrogens with zero attached hydrogens (tertiary/aromatic N) is 2. The highest BCUT2D eigenvalue weighted by Gasteiger charge is 2.12. The molecule has 2 rings (SSSR count). The highest BCUT2D eigenvalue weighted by atomic mass is 16.5. The average molecular weight is 241 g/mol. The lowest BCUT2D eigenvalue weighted by Crippen LogP contribution is -1.89. The molecule has 0 bridgehead atoms. The number of H-pyrrole nitrogens is 1. The molecule has 0 spiro atoms. The van der Waals surface area contributed by atoms with Gasteiger partial charge in [0, 0.05) is 24.1 Å². The number of aryl methyl sites for hydroxylation is 2. The number of benzene rings is 1. The van der Waals surface area contributed by atoms with Gasteiger partial charge in [0.15, 0.2) is 0 Å². The number of para-hydroxylation sites is 1. The molecule has 0 saturated carbocycles. The second kappa shape index (κ2) is 5.37. The number of nitrogens with one attached hydrogen (secondary N) is 1. The van der Waals surface area contributed by atoms with E-state index < -0.39 is 0 Å². The molecule has 1 aromatic carbocycles. The fraction of sp³-hybridized carbons (Fsp3) is 0.286. The molecule has 0 radical (unpaired) electrons. The predicted molar refractivity (Wildman–Crippen MR) is 69.2 cm³/mol. The average Bonchev–Trinajstić information content (AvgIpc) is 2.77. The number of nitriles is 1. The van der Waals surface area contributed by atoms with Crippen LogP contribution in [-0.2, 0) is 6.42 Å². The van der Waals surface area contributed by atoms with Crippen LogP contribution in [0, 0.1) is 18.3 Å². The van der Waals surface area contributed by atoms with Gasteiger partial charge in [-0.05, 0) is 19.1 Å². The molecular weight excluding hydrogens is 226 g/mol. The summed E-state index contributed by atoms with van der Waals surface area (Å²) in [5, 5.41) is 8.59. The van der Waals surface area contributed by atoms with Crippen molar-refractivity contribution < 1.29 is 4.74 Å². The molecule has 4 nitrogen and oxygen atoms in total. The topological polar surface area (TPSA) is 61.7 Å². The van der Waals surface area contributed by atoms with Crippen molar-refractivity contribution in [1.29, 1.82) is 5.26 Å². The lowest BCUT2D eigenvalue weighted by molar-refractivity contribution is 0.416. The summed E-state index contributed by atoms with van der Waals surface area (Å²) in [5.74, 6) is 1.65. The molecule has 0 fully saturated rings. The Bertz CT molecular complexity index is 581. The van der Waals surface area contributed by atoms with Crippen molar-refractivity contribution in [1.82, 2.24) is 9.97 Å². The molecule has 0 saturated heterocycles. The lowest BCUT2D eigenvalue weighted by Gasteiger charge is -2.06. The molecule has 0 amide bonds. The van der Waals surface area contributed by atoms with Crippen molar-refractivity contribution in [2.45, 2.75) is 19.8 Å². The summed E-state index contributed by atoms with van der Waals surface area (Å²) >= 11 is 0. The standard InChI is InChI=1S/C14H15N3O/c1-10-14(17-13(16-10)8-5-9-15)11-6-3-4-7-12(11)18-2/h3-4,6-7H,5,8H2,1-2H3,(H,16,17). The fourth-order valence-corrected chi connectivity index (χ4v) is 1.92. The van der Waals surface area contributed by atoms with Crippen LogP contribution in [0.3, 0.4) is 0 Å². The van der Waals surface area contributed by atoms with E-state index in [0.717, 1.165) is 28.5 Å². The monoisotopic (exact) mass is 241 g/mol. The maximum atomic E-state index is 8.59. The number of aromatic nitrogens is 2. The van der Waals surface area contributed by atoms with Gasteiger partial charge < -0.3 is 9.72 Å². The first-order valence-corrected chi connectivity index (χ1v) is 5.82. The van der Waals surface area contributed by atoms with E-state index in [0.29, 0.717) is 12.8 Å². The quantitative estimate of drug-likeness (QED) is 0.895. The largest absolute Gasteiger partial charge is 0.496 e. The van der Waals surface area contributed by atoms with E-state index in [2.05, 4.69) is 16.0 Å². The Kier molecular flexibility index (Phi) is 3.63. The maximum absolute atomic E-state index is 8.59. The number of ether oxygens (including phenoxy) is 1. The van der Waals surface area contributed by atoms with Crippen LogP contribution >= 0.6 is 0 Å². The highest BCUT2D eigenvalue weighted by molar-refractivity contribution is 5.69. The zero-order valence-corrected chi connectivity index (χ0v) is 10.5. The summed E-state index contributed by atoms with van der Waals surface area (Å²) in [6, 6.07) is 9.91. The van der Waals surface area contributed by atoms with Crippen LogP contribution in [-0.4, -0.2) is 17.1 Å². The summed E-state index contributed by atoms with van der Waals surface area (Å²) < 4.78 is 5.34. The number of imidazole rings is 1.